The summed E-state index contributed by atoms with van der Waals surface area (Å²) in [5.41, 5.74) is 3.80. The fourth-order valence-electron chi connectivity index (χ4n) is 6.80. The van der Waals surface area contributed by atoms with E-state index in [4.69, 9.17) is 0 Å². The number of nitrogens with zero attached hydrogens (tertiary/aromatic N) is 3. The van der Waals surface area contributed by atoms with E-state index in [0.717, 1.165) is 24.2 Å². The maximum Gasteiger partial charge on any atom is 0.246 e. The van der Waals surface area contributed by atoms with Gasteiger partial charge in [0.15, 0.2) is 0 Å². The van der Waals surface area contributed by atoms with Crippen molar-refractivity contribution >= 4 is 40.3 Å². The van der Waals surface area contributed by atoms with Crippen molar-refractivity contribution < 1.29 is 19.5 Å². The number of benzene rings is 1. The van der Waals surface area contributed by atoms with Gasteiger partial charge in [0.25, 0.3) is 0 Å². The van der Waals surface area contributed by atoms with Crippen LogP contribution in [0, 0.1) is 11.8 Å². The van der Waals surface area contributed by atoms with E-state index in [1.807, 2.05) is 56.2 Å². The number of rotatable bonds is 10. The molecule has 0 saturated heterocycles. The molecule has 5 rings (SSSR count). The van der Waals surface area contributed by atoms with Crippen LogP contribution in [0.1, 0.15) is 82.6 Å². The fourth-order valence-corrected chi connectivity index (χ4v) is 6.80. The Morgan fingerprint density at radius 2 is 1.52 bits per heavy atom. The lowest BCUT2D eigenvalue weighted by molar-refractivity contribution is -0.118. The molecule has 2 fully saturated rings. The summed E-state index contributed by atoms with van der Waals surface area (Å²) in [5, 5.41) is 14.4. The second-order valence-corrected chi connectivity index (χ2v) is 13.1. The molecule has 0 aliphatic heterocycles. The van der Waals surface area contributed by atoms with E-state index in [0.29, 0.717) is 47.2 Å². The summed E-state index contributed by atoms with van der Waals surface area (Å²) >= 11 is 0. The summed E-state index contributed by atoms with van der Waals surface area (Å²) in [6.07, 6.45) is 17.5. The Labute approximate surface area is 261 Å². The number of Topliss-reactive ketones (excluding diaryl/α,β-unsaturated/α-hetero) is 1. The van der Waals surface area contributed by atoms with Crippen LogP contribution in [0.4, 0.5) is 11.4 Å². The molecule has 1 aromatic rings. The molecule has 8 nitrogen and oxygen atoms in total. The quantitative estimate of drug-likeness (QED) is 0.289. The number of hydrogen-bond donors (Lipinski definition) is 2. The molecule has 0 spiro atoms. The smallest absolute Gasteiger partial charge is 0.246 e. The molecular formula is C36H46N4O4. The summed E-state index contributed by atoms with van der Waals surface area (Å²) in [6.45, 7) is 0. The average Bonchev–Trinajstić information content (AvgIpc) is 3.71. The minimum Gasteiger partial charge on any atom is -0.506 e. The van der Waals surface area contributed by atoms with Gasteiger partial charge in [0.1, 0.15) is 5.76 Å². The number of allylic oxidation sites excluding steroid dienone is 6. The Bertz CT molecular complexity index is 1460. The van der Waals surface area contributed by atoms with Gasteiger partial charge in [0.2, 0.25) is 17.6 Å². The molecule has 0 radical (unpaired) electrons. The molecule has 4 aliphatic carbocycles. The summed E-state index contributed by atoms with van der Waals surface area (Å²) in [6, 6.07) is 5.48. The Kier molecular flexibility index (Phi) is 9.87. The van der Waals surface area contributed by atoms with Crippen molar-refractivity contribution in [3.8, 4) is 0 Å². The third-order valence-electron chi connectivity index (χ3n) is 9.50. The first-order valence-corrected chi connectivity index (χ1v) is 16.2. The molecule has 2 amide bonds. The number of amides is 2. The van der Waals surface area contributed by atoms with Crippen LogP contribution >= 0.6 is 0 Å². The van der Waals surface area contributed by atoms with E-state index in [-0.39, 0.29) is 34.5 Å². The predicted molar refractivity (Wildman–Crippen MR) is 177 cm³/mol. The zero-order chi connectivity index (χ0) is 31.4. The minimum absolute atomic E-state index is 0.0957. The normalized spacial score (nSPS) is 21.6. The van der Waals surface area contributed by atoms with Gasteiger partial charge in [0, 0.05) is 63.6 Å². The number of carbonyl (C=O) groups is 3. The van der Waals surface area contributed by atoms with E-state index in [2.05, 4.69) is 10.3 Å². The number of carbonyl (C=O) groups excluding carboxylic acids is 3. The van der Waals surface area contributed by atoms with Gasteiger partial charge in [-0.25, -0.2) is 4.99 Å². The first kappa shape index (κ1) is 31.5. The number of ketones is 1. The lowest BCUT2D eigenvalue weighted by Gasteiger charge is -2.27. The van der Waals surface area contributed by atoms with Crippen molar-refractivity contribution in [2.45, 2.75) is 77.0 Å². The van der Waals surface area contributed by atoms with Crippen LogP contribution in [0.15, 0.2) is 64.0 Å². The van der Waals surface area contributed by atoms with Crippen molar-refractivity contribution in [1.82, 2.24) is 4.90 Å². The molecule has 0 heterocycles. The van der Waals surface area contributed by atoms with Crippen LogP contribution in [0.25, 0.3) is 5.57 Å². The SMILES string of the molecule is CN(C)C1=CC(=NC(=O)CCC2CCCC2)/C(=C2/C(=O)C(c3ccc(N(C)C)cc3NC(=O)CCC3CCCC3)=C2O)C=C1. The van der Waals surface area contributed by atoms with E-state index in [1.165, 1.54) is 51.4 Å². The van der Waals surface area contributed by atoms with Gasteiger partial charge in [-0.3, -0.25) is 14.4 Å². The fraction of sp³-hybridized carbons (Fsp3) is 0.500. The number of anilines is 2. The van der Waals surface area contributed by atoms with Crippen molar-refractivity contribution in [2.24, 2.45) is 16.8 Å². The van der Waals surface area contributed by atoms with Crippen LogP contribution in [-0.4, -0.2) is 61.5 Å². The van der Waals surface area contributed by atoms with Gasteiger partial charge < -0.3 is 20.2 Å². The van der Waals surface area contributed by atoms with Crippen LogP contribution in [-0.2, 0) is 14.4 Å². The monoisotopic (exact) mass is 598 g/mol. The predicted octanol–water partition coefficient (Wildman–Crippen LogP) is 6.76. The van der Waals surface area contributed by atoms with Crippen molar-refractivity contribution in [2.75, 3.05) is 38.4 Å². The second-order valence-electron chi connectivity index (χ2n) is 13.1. The van der Waals surface area contributed by atoms with E-state index < -0.39 is 0 Å². The molecule has 1 aromatic carbocycles. The van der Waals surface area contributed by atoms with Gasteiger partial charge in [-0.15, -0.1) is 0 Å². The van der Waals surface area contributed by atoms with E-state index in [9.17, 15) is 19.5 Å². The summed E-state index contributed by atoms with van der Waals surface area (Å²) in [7, 11) is 7.63. The highest BCUT2D eigenvalue weighted by Crippen LogP contribution is 2.43. The largest absolute Gasteiger partial charge is 0.506 e. The molecule has 44 heavy (non-hydrogen) atoms. The zero-order valence-corrected chi connectivity index (χ0v) is 26.6. The van der Waals surface area contributed by atoms with Crippen LogP contribution in [0.3, 0.4) is 0 Å². The molecule has 0 unspecified atom stereocenters. The average molecular weight is 599 g/mol. The van der Waals surface area contributed by atoms with Crippen molar-refractivity contribution in [3.05, 3.63) is 64.6 Å². The molecule has 4 aliphatic rings. The molecule has 0 atom stereocenters. The number of nitrogens with one attached hydrogen (secondary N) is 1. The molecule has 0 aromatic heterocycles. The maximum absolute atomic E-state index is 13.8. The lowest BCUT2D eigenvalue weighted by atomic mass is 9.78. The number of hydrogen-bond acceptors (Lipinski definition) is 6. The molecule has 234 valence electrons. The second kappa shape index (κ2) is 13.8. The first-order valence-electron chi connectivity index (χ1n) is 16.2. The van der Waals surface area contributed by atoms with Crippen LogP contribution in [0.2, 0.25) is 0 Å². The highest BCUT2D eigenvalue weighted by atomic mass is 16.3. The Morgan fingerprint density at radius 1 is 0.886 bits per heavy atom. The number of aliphatic hydroxyl groups is 1. The van der Waals surface area contributed by atoms with Crippen molar-refractivity contribution in [3.63, 3.8) is 0 Å². The van der Waals surface area contributed by atoms with Crippen molar-refractivity contribution in [1.29, 1.82) is 0 Å². The van der Waals surface area contributed by atoms with Gasteiger partial charge in [-0.05, 0) is 61.1 Å². The lowest BCUT2D eigenvalue weighted by Crippen LogP contribution is -2.27. The molecule has 8 heteroatoms. The van der Waals surface area contributed by atoms with E-state index in [1.54, 1.807) is 18.2 Å². The summed E-state index contributed by atoms with van der Waals surface area (Å²) in [4.78, 5) is 48.0. The number of aliphatic hydroxyl groups excluding tert-OH is 1. The third-order valence-corrected chi connectivity index (χ3v) is 9.50. The molecule has 2 N–H and O–H groups in total. The highest BCUT2D eigenvalue weighted by Gasteiger charge is 2.39. The Morgan fingerprint density at radius 3 is 2.11 bits per heavy atom. The van der Waals surface area contributed by atoms with Gasteiger partial charge in [-0.2, -0.15) is 0 Å². The van der Waals surface area contributed by atoms with Gasteiger partial charge in [-0.1, -0.05) is 51.4 Å². The topological polar surface area (TPSA) is 102 Å². The highest BCUT2D eigenvalue weighted by molar-refractivity contribution is 6.42. The minimum atomic E-state index is -0.339. The maximum atomic E-state index is 13.8. The molecule has 2 saturated carbocycles. The number of aliphatic imine (C=N–C) groups is 1. The van der Waals surface area contributed by atoms with Crippen LogP contribution < -0.4 is 10.2 Å². The Hall–Kier alpha value is -3.94. The standard InChI is InChI=1S/C36H46N4O4/c1-39(2)25-15-17-27(29(21-25)37-31(41)19-13-23-9-5-6-10-23)33-35(43)34(36(33)44)28-18-16-26(40(3)4)22-30(28)38-32(42)20-14-24-11-7-8-12-24/h15-18,21-24,43H,5-14,19-20H2,1-4H3,(H,37,41)/b34-28+,38-30?. The van der Waals surface area contributed by atoms with Crippen LogP contribution in [0.5, 0.6) is 0 Å². The van der Waals surface area contributed by atoms with Gasteiger partial charge in [0.05, 0.1) is 22.5 Å². The zero-order valence-electron chi connectivity index (χ0n) is 26.6. The first-order chi connectivity index (χ1) is 21.1. The molecule has 0 bridgehead atoms. The summed E-state index contributed by atoms with van der Waals surface area (Å²) in [5.74, 6) is 0.373. The molecular weight excluding hydrogens is 552 g/mol. The Balaban J connectivity index is 1.44. The third kappa shape index (κ3) is 7.06. The van der Waals surface area contributed by atoms with Gasteiger partial charge >= 0.3 is 0 Å². The number of likely N-dealkylation sites (N-methyl/N-ethyl adjacent to an activating group) is 1. The van der Waals surface area contributed by atoms with E-state index >= 15 is 0 Å². The summed E-state index contributed by atoms with van der Waals surface area (Å²) < 4.78 is 0.